The van der Waals surface area contributed by atoms with Crippen molar-refractivity contribution in [2.24, 2.45) is 5.92 Å². The van der Waals surface area contributed by atoms with E-state index in [0.29, 0.717) is 23.3 Å². The Bertz CT molecular complexity index is 1320. The van der Waals surface area contributed by atoms with Gasteiger partial charge in [-0.15, -0.1) is 10.2 Å². The van der Waals surface area contributed by atoms with Gasteiger partial charge in [0.2, 0.25) is 10.0 Å². The van der Waals surface area contributed by atoms with Crippen LogP contribution in [0.4, 0.5) is 14.5 Å². The number of sulfonamides is 1. The number of nitrogens with zero attached hydrogens (tertiary/aromatic N) is 5. The number of nitrogens with one attached hydrogen (secondary N) is 2. The molecule has 2 aliphatic heterocycles. The Morgan fingerprint density at radius 3 is 2.82 bits per heavy atom. The van der Waals surface area contributed by atoms with Crippen LogP contribution >= 0.6 is 11.3 Å². The van der Waals surface area contributed by atoms with Crippen LogP contribution in [0.5, 0.6) is 0 Å². The zero-order valence-corrected chi connectivity index (χ0v) is 19.5. The second-order valence-corrected chi connectivity index (χ2v) is 12.1. The number of aromatic nitrogens is 4. The van der Waals surface area contributed by atoms with Crippen molar-refractivity contribution in [1.82, 2.24) is 29.6 Å². The molecule has 2 atom stereocenters. The van der Waals surface area contributed by atoms with Crippen molar-refractivity contribution < 1.29 is 17.2 Å². The highest BCUT2D eigenvalue weighted by atomic mass is 32.2. The van der Waals surface area contributed by atoms with Crippen molar-refractivity contribution in [2.45, 2.75) is 49.1 Å². The molecule has 6 rings (SSSR count). The lowest BCUT2D eigenvalue weighted by Gasteiger charge is -2.33. The average molecular weight is 496 g/mol. The van der Waals surface area contributed by atoms with Gasteiger partial charge in [-0.25, -0.2) is 26.9 Å². The van der Waals surface area contributed by atoms with Crippen LogP contribution in [-0.4, -0.2) is 59.2 Å². The largest absolute Gasteiger partial charge is 0.368 e. The van der Waals surface area contributed by atoms with Crippen molar-refractivity contribution in [3.8, 4) is 10.8 Å². The minimum absolute atomic E-state index is 0.113. The average Bonchev–Trinajstić information content (AvgIpc) is 3.17. The molecule has 2 unspecified atom stereocenters. The molecule has 5 heterocycles. The molecule has 3 fully saturated rings. The van der Waals surface area contributed by atoms with Gasteiger partial charge in [-0.3, -0.25) is 4.40 Å². The molecule has 0 aromatic carbocycles. The third-order valence-corrected chi connectivity index (χ3v) is 9.21. The standard InChI is InChI=1S/C20H23F2N7O2S2/c1-20(2-3-20)27-33(30,31)13-5-14(28-8-11-4-12(9-28)23-6-11)15-7-24-17(29(15)10-13)19-26-25-18(32-19)16(21)22/h5,7,10-12,16,23,27H,2-4,6,8-9H2,1H3. The molecule has 2 saturated heterocycles. The third kappa shape index (κ3) is 3.80. The fraction of sp³-hybridized carbons (Fsp3) is 0.550. The van der Waals surface area contributed by atoms with E-state index < -0.39 is 27.0 Å². The number of hydrogen-bond donors (Lipinski definition) is 2. The normalized spacial score (nSPS) is 24.2. The topological polar surface area (TPSA) is 105 Å². The molecule has 1 aliphatic carbocycles. The summed E-state index contributed by atoms with van der Waals surface area (Å²) in [7, 11) is -3.80. The number of rotatable bonds is 6. The summed E-state index contributed by atoms with van der Waals surface area (Å²) in [5.74, 6) is 0.787. The van der Waals surface area contributed by atoms with Gasteiger partial charge in [0.1, 0.15) is 4.90 Å². The molecule has 2 N–H and O–H groups in total. The summed E-state index contributed by atoms with van der Waals surface area (Å²) in [6.45, 7) is 4.40. The minimum atomic E-state index is -3.80. The molecule has 3 aliphatic rings. The molecule has 0 amide bonds. The van der Waals surface area contributed by atoms with Gasteiger partial charge in [0, 0.05) is 37.4 Å². The molecule has 3 aromatic heterocycles. The van der Waals surface area contributed by atoms with E-state index in [0.717, 1.165) is 55.9 Å². The first kappa shape index (κ1) is 21.3. The van der Waals surface area contributed by atoms with E-state index in [2.05, 4.69) is 30.1 Å². The maximum absolute atomic E-state index is 13.3. The number of pyridine rings is 1. The molecule has 13 heteroatoms. The summed E-state index contributed by atoms with van der Waals surface area (Å²) < 4.78 is 57.2. The Hall–Kier alpha value is -2.22. The summed E-state index contributed by atoms with van der Waals surface area (Å²) in [6.07, 6.45) is 3.10. The molecule has 33 heavy (non-hydrogen) atoms. The molecule has 0 radical (unpaired) electrons. The van der Waals surface area contributed by atoms with Crippen LogP contribution in [-0.2, 0) is 10.0 Å². The molecule has 2 bridgehead atoms. The van der Waals surface area contributed by atoms with Gasteiger partial charge in [-0.1, -0.05) is 11.3 Å². The molecular weight excluding hydrogens is 472 g/mol. The van der Waals surface area contributed by atoms with E-state index in [1.807, 2.05) is 6.92 Å². The second-order valence-electron chi connectivity index (χ2n) is 9.42. The Labute approximate surface area is 193 Å². The fourth-order valence-electron chi connectivity index (χ4n) is 4.73. The first-order valence-electron chi connectivity index (χ1n) is 10.9. The van der Waals surface area contributed by atoms with E-state index in [1.54, 1.807) is 16.7 Å². The van der Waals surface area contributed by atoms with E-state index in [9.17, 15) is 17.2 Å². The van der Waals surface area contributed by atoms with Crippen LogP contribution in [0.2, 0.25) is 0 Å². The maximum atomic E-state index is 13.3. The summed E-state index contributed by atoms with van der Waals surface area (Å²) in [6, 6.07) is 2.05. The summed E-state index contributed by atoms with van der Waals surface area (Å²) in [5, 5.41) is 10.8. The van der Waals surface area contributed by atoms with Crippen molar-refractivity contribution in [3.05, 3.63) is 23.5 Å². The van der Waals surface area contributed by atoms with E-state index in [1.165, 1.54) is 6.20 Å². The Morgan fingerprint density at radius 1 is 1.30 bits per heavy atom. The lowest BCUT2D eigenvalue weighted by atomic mass is 9.99. The SMILES string of the molecule is CC1(NS(=O)(=O)c2cc(N3CC4CNC(C4)C3)c3cnc(-c4nnc(C(F)F)s4)n3c2)CC1. The van der Waals surface area contributed by atoms with E-state index in [-0.39, 0.29) is 9.90 Å². The Kier molecular flexibility index (Phi) is 4.77. The van der Waals surface area contributed by atoms with Crippen LogP contribution in [0, 0.1) is 5.92 Å². The lowest BCUT2D eigenvalue weighted by Crippen LogP contribution is -2.41. The third-order valence-electron chi connectivity index (χ3n) is 6.68. The van der Waals surface area contributed by atoms with Gasteiger partial charge in [0.05, 0.1) is 17.4 Å². The van der Waals surface area contributed by atoms with Crippen molar-refractivity contribution >= 4 is 32.6 Å². The number of hydrogen-bond acceptors (Lipinski definition) is 8. The first-order chi connectivity index (χ1) is 15.7. The Balaban J connectivity index is 1.50. The van der Waals surface area contributed by atoms with Crippen LogP contribution in [0.3, 0.4) is 0 Å². The number of imidazole rings is 1. The van der Waals surface area contributed by atoms with E-state index in [4.69, 9.17) is 0 Å². The highest BCUT2D eigenvalue weighted by Crippen LogP contribution is 2.38. The summed E-state index contributed by atoms with van der Waals surface area (Å²) in [5.41, 5.74) is 1.04. The molecule has 1 saturated carbocycles. The number of piperidine rings is 1. The highest BCUT2D eigenvalue weighted by Gasteiger charge is 2.42. The van der Waals surface area contributed by atoms with Crippen molar-refractivity contribution in [3.63, 3.8) is 0 Å². The van der Waals surface area contributed by atoms with Gasteiger partial charge >= 0.3 is 0 Å². The molecular formula is C20H23F2N7O2S2. The monoisotopic (exact) mass is 495 g/mol. The van der Waals surface area contributed by atoms with E-state index >= 15 is 0 Å². The molecule has 176 valence electrons. The minimum Gasteiger partial charge on any atom is -0.368 e. The number of anilines is 1. The predicted molar refractivity (Wildman–Crippen MR) is 119 cm³/mol. The zero-order chi connectivity index (χ0) is 23.0. The van der Waals surface area contributed by atoms with Crippen LogP contribution < -0.4 is 14.9 Å². The smallest absolute Gasteiger partial charge is 0.291 e. The van der Waals surface area contributed by atoms with Gasteiger partial charge in [-0.2, -0.15) is 0 Å². The summed E-state index contributed by atoms with van der Waals surface area (Å²) >= 11 is 0.755. The molecule has 9 nitrogen and oxygen atoms in total. The van der Waals surface area contributed by atoms with Gasteiger partial charge < -0.3 is 10.2 Å². The summed E-state index contributed by atoms with van der Waals surface area (Å²) in [4.78, 5) is 6.74. The fourth-order valence-corrected chi connectivity index (χ4v) is 6.90. The first-order valence-corrected chi connectivity index (χ1v) is 13.2. The van der Waals surface area contributed by atoms with Gasteiger partial charge in [0.25, 0.3) is 6.43 Å². The molecule has 0 spiro atoms. The van der Waals surface area contributed by atoms with Crippen molar-refractivity contribution in [2.75, 3.05) is 24.5 Å². The maximum Gasteiger partial charge on any atom is 0.291 e. The second kappa shape index (κ2) is 7.39. The zero-order valence-electron chi connectivity index (χ0n) is 17.8. The molecule has 3 aromatic rings. The Morgan fingerprint density at radius 2 is 2.12 bits per heavy atom. The quantitative estimate of drug-likeness (QED) is 0.541. The van der Waals surface area contributed by atoms with Gasteiger partial charge in [0.15, 0.2) is 15.8 Å². The predicted octanol–water partition coefficient (Wildman–Crippen LogP) is 2.42. The number of halogens is 2. The lowest BCUT2D eigenvalue weighted by molar-refractivity contribution is 0.150. The number of alkyl halides is 2. The number of fused-ring (bicyclic) bond motifs is 3. The van der Waals surface area contributed by atoms with Crippen LogP contribution in [0.15, 0.2) is 23.4 Å². The van der Waals surface area contributed by atoms with Gasteiger partial charge in [-0.05, 0) is 38.2 Å². The highest BCUT2D eigenvalue weighted by molar-refractivity contribution is 7.89. The van der Waals surface area contributed by atoms with Crippen LogP contribution in [0.25, 0.3) is 16.3 Å². The van der Waals surface area contributed by atoms with Crippen LogP contribution in [0.1, 0.15) is 37.6 Å². The van der Waals surface area contributed by atoms with Crippen molar-refractivity contribution in [1.29, 1.82) is 0 Å².